The number of hydrogen-bond acceptors (Lipinski definition) is 0. The molecule has 0 atom stereocenters. The van der Waals surface area contributed by atoms with Gasteiger partial charge in [-0.05, 0) is 0 Å². The van der Waals surface area contributed by atoms with Gasteiger partial charge in [0.2, 0.25) is 0 Å². The second kappa shape index (κ2) is 4.67. The summed E-state index contributed by atoms with van der Waals surface area (Å²) in [5.74, 6) is 0. The van der Waals surface area contributed by atoms with Crippen molar-refractivity contribution in [1.29, 1.82) is 0 Å². The number of rotatable bonds is 0. The van der Waals surface area contributed by atoms with Gasteiger partial charge in [0.25, 0.3) is 0 Å². The minimum Gasteiger partial charge on any atom is -0.333 e. The molecule has 0 aliphatic heterocycles. The van der Waals surface area contributed by atoms with E-state index in [4.69, 9.17) is 0 Å². The zero-order valence-corrected chi connectivity index (χ0v) is 5.23. The molecular formula is C6H10Cu. The van der Waals surface area contributed by atoms with Crippen LogP contribution < -0.4 is 0 Å². The minimum atomic E-state index is 0. The molecule has 0 aromatic rings. The summed E-state index contributed by atoms with van der Waals surface area (Å²) in [5, 5.41) is 0. The van der Waals surface area contributed by atoms with Crippen LogP contribution in [0.4, 0.5) is 0 Å². The predicted molar refractivity (Wildman–Crippen MR) is 27.1 cm³/mol. The summed E-state index contributed by atoms with van der Waals surface area (Å²) in [7, 11) is 0. The fraction of sp³-hybridized carbons (Fsp3) is 0.667. The maximum atomic E-state index is 2.25. The summed E-state index contributed by atoms with van der Waals surface area (Å²) in [5.41, 5.74) is 0. The summed E-state index contributed by atoms with van der Waals surface area (Å²) in [6.07, 6.45) is 10.0. The molecule has 2 fully saturated rings. The molecule has 0 N–H and O–H groups in total. The molecule has 0 aromatic heterocycles. The van der Waals surface area contributed by atoms with Gasteiger partial charge >= 0.3 is 17.1 Å². The Morgan fingerprint density at radius 2 is 0.857 bits per heavy atom. The molecule has 0 heterocycles. The summed E-state index contributed by atoms with van der Waals surface area (Å²) < 4.78 is 0. The van der Waals surface area contributed by atoms with Crippen molar-refractivity contribution in [2.24, 2.45) is 0 Å². The summed E-state index contributed by atoms with van der Waals surface area (Å²) in [6.45, 7) is 0. The van der Waals surface area contributed by atoms with Gasteiger partial charge in [0.05, 0.1) is 0 Å². The Kier molecular flexibility index (Phi) is 5.02. The van der Waals surface area contributed by atoms with Crippen molar-refractivity contribution >= 4 is 0 Å². The first-order valence-corrected chi connectivity index (χ1v) is 2.63. The van der Waals surface area contributed by atoms with Gasteiger partial charge in [-0.25, -0.2) is 25.7 Å². The maximum absolute atomic E-state index is 2.25. The molecule has 45 valence electrons. The Labute approximate surface area is 56.2 Å². The molecular weight excluding hydrogens is 136 g/mol. The third-order valence-electron chi connectivity index (χ3n) is 0.577. The van der Waals surface area contributed by atoms with Crippen molar-refractivity contribution in [3.05, 3.63) is 12.8 Å². The SMILES string of the molecule is [CH-]1CC1.[CH-]1CC1.[Cu+2]. The Morgan fingerprint density at radius 3 is 0.857 bits per heavy atom. The van der Waals surface area contributed by atoms with Crippen LogP contribution in [0.1, 0.15) is 25.7 Å². The van der Waals surface area contributed by atoms with Gasteiger partial charge in [0.1, 0.15) is 0 Å². The van der Waals surface area contributed by atoms with Crippen LogP contribution >= 0.6 is 0 Å². The standard InChI is InChI=1S/2C3H5.Cu/c2*1-2-3-1;/h2*1H,2-3H2;/q2*-1;+2. The summed E-state index contributed by atoms with van der Waals surface area (Å²) in [4.78, 5) is 0. The van der Waals surface area contributed by atoms with E-state index in [9.17, 15) is 0 Å². The van der Waals surface area contributed by atoms with Crippen LogP contribution in [-0.4, -0.2) is 0 Å². The second-order valence-electron chi connectivity index (χ2n) is 1.73. The molecule has 1 radical (unpaired) electrons. The Morgan fingerprint density at radius 1 is 0.714 bits per heavy atom. The average molecular weight is 146 g/mol. The molecule has 0 spiro atoms. The first-order valence-electron chi connectivity index (χ1n) is 2.63. The van der Waals surface area contributed by atoms with Crippen LogP contribution in [0.5, 0.6) is 0 Å². The molecule has 0 unspecified atom stereocenters. The monoisotopic (exact) mass is 145 g/mol. The maximum Gasteiger partial charge on any atom is 2.00 e. The zero-order valence-electron chi connectivity index (χ0n) is 4.28. The molecule has 0 bridgehead atoms. The van der Waals surface area contributed by atoms with Crippen LogP contribution in [-0.2, 0) is 17.1 Å². The Bertz CT molecular complexity index is 19.7. The summed E-state index contributed by atoms with van der Waals surface area (Å²) in [6, 6.07) is 0. The minimum absolute atomic E-state index is 0. The van der Waals surface area contributed by atoms with E-state index < -0.39 is 0 Å². The first-order chi connectivity index (χ1) is 3.00. The fourth-order valence-corrected chi connectivity index (χ4v) is 0. The van der Waals surface area contributed by atoms with Gasteiger partial charge < -0.3 is 12.8 Å². The molecule has 2 saturated carbocycles. The largest absolute Gasteiger partial charge is 2.00 e. The van der Waals surface area contributed by atoms with Gasteiger partial charge in [0.15, 0.2) is 0 Å². The Balaban J connectivity index is 0.0000000900. The average Bonchev–Trinajstić information content (AvgIpc) is 2.31. The van der Waals surface area contributed by atoms with Crippen LogP contribution in [0.25, 0.3) is 0 Å². The molecule has 2 aliphatic carbocycles. The van der Waals surface area contributed by atoms with Crippen LogP contribution in [0, 0.1) is 12.8 Å². The van der Waals surface area contributed by atoms with E-state index in [1.165, 1.54) is 25.7 Å². The molecule has 2 rings (SSSR count). The molecule has 2 aliphatic rings. The third kappa shape index (κ3) is 21.0. The van der Waals surface area contributed by atoms with Crippen molar-refractivity contribution in [2.75, 3.05) is 0 Å². The molecule has 7 heavy (non-hydrogen) atoms. The first kappa shape index (κ1) is 7.52. The van der Waals surface area contributed by atoms with Crippen molar-refractivity contribution in [3.8, 4) is 0 Å². The quantitative estimate of drug-likeness (QED) is 0.361. The molecule has 0 amide bonds. The van der Waals surface area contributed by atoms with E-state index in [1.807, 2.05) is 0 Å². The van der Waals surface area contributed by atoms with Gasteiger partial charge in [0, 0.05) is 0 Å². The van der Waals surface area contributed by atoms with Crippen LogP contribution in [0.2, 0.25) is 0 Å². The molecule has 0 saturated heterocycles. The normalized spacial score (nSPS) is 20.6. The van der Waals surface area contributed by atoms with Gasteiger partial charge in [-0.15, -0.1) is 0 Å². The topological polar surface area (TPSA) is 0 Å². The van der Waals surface area contributed by atoms with E-state index in [-0.39, 0.29) is 17.1 Å². The van der Waals surface area contributed by atoms with E-state index in [1.54, 1.807) is 0 Å². The van der Waals surface area contributed by atoms with Gasteiger partial charge in [-0.1, -0.05) is 0 Å². The van der Waals surface area contributed by atoms with Crippen molar-refractivity contribution in [3.63, 3.8) is 0 Å². The number of hydrogen-bond donors (Lipinski definition) is 0. The fourth-order valence-electron chi connectivity index (χ4n) is 0. The molecule has 1 heteroatoms. The van der Waals surface area contributed by atoms with E-state index >= 15 is 0 Å². The van der Waals surface area contributed by atoms with E-state index in [0.29, 0.717) is 0 Å². The smallest absolute Gasteiger partial charge is 0.333 e. The zero-order chi connectivity index (χ0) is 4.24. The van der Waals surface area contributed by atoms with Crippen molar-refractivity contribution in [1.82, 2.24) is 0 Å². The molecule has 0 aromatic carbocycles. The van der Waals surface area contributed by atoms with E-state index in [0.717, 1.165) is 0 Å². The molecule has 0 nitrogen and oxygen atoms in total. The van der Waals surface area contributed by atoms with Gasteiger partial charge in [-0.3, -0.25) is 0 Å². The second-order valence-corrected chi connectivity index (χ2v) is 1.73. The van der Waals surface area contributed by atoms with Crippen molar-refractivity contribution in [2.45, 2.75) is 25.7 Å². The Hall–Kier alpha value is 0.519. The van der Waals surface area contributed by atoms with E-state index in [2.05, 4.69) is 12.8 Å². The van der Waals surface area contributed by atoms with Crippen LogP contribution in [0.15, 0.2) is 0 Å². The van der Waals surface area contributed by atoms with Crippen LogP contribution in [0.3, 0.4) is 0 Å². The third-order valence-corrected chi connectivity index (χ3v) is 0.577. The predicted octanol–water partition coefficient (Wildman–Crippen LogP) is 1.97. The van der Waals surface area contributed by atoms with Crippen molar-refractivity contribution < 1.29 is 17.1 Å². The van der Waals surface area contributed by atoms with Gasteiger partial charge in [-0.2, -0.15) is 0 Å². The summed E-state index contributed by atoms with van der Waals surface area (Å²) >= 11 is 0.